The number of halogens is 3. The van der Waals surface area contributed by atoms with Crippen molar-refractivity contribution in [2.45, 2.75) is 20.9 Å². The molecule has 0 aliphatic carbocycles. The summed E-state index contributed by atoms with van der Waals surface area (Å²) in [5, 5.41) is 0. The predicted octanol–water partition coefficient (Wildman–Crippen LogP) is 3.29. The van der Waals surface area contributed by atoms with Crippen LogP contribution in [-0.4, -0.2) is 31.2 Å². The third-order valence-electron chi connectivity index (χ3n) is 2.78. The number of hydrogen-bond acceptors (Lipinski definition) is 5. The van der Waals surface area contributed by atoms with Crippen molar-refractivity contribution in [3.8, 4) is 0 Å². The quantitative estimate of drug-likeness (QED) is 0.611. The monoisotopic (exact) mass is 407 g/mol. The Morgan fingerprint density at radius 2 is 1.68 bits per heavy atom. The van der Waals surface area contributed by atoms with Crippen molar-refractivity contribution in [3.05, 3.63) is 30.3 Å². The summed E-state index contributed by atoms with van der Waals surface area (Å²) in [6.07, 6.45) is 0.516. The summed E-state index contributed by atoms with van der Waals surface area (Å²) in [6.45, 7) is 0.253. The predicted molar refractivity (Wildman–Crippen MR) is 85.0 cm³/mol. The Labute approximate surface area is 143 Å². The van der Waals surface area contributed by atoms with Crippen LogP contribution in [0.4, 0.5) is 0 Å². The van der Waals surface area contributed by atoms with E-state index in [1.807, 2.05) is 0 Å². The number of alkyl halides is 3. The Hall–Kier alpha value is 0.150. The highest BCUT2D eigenvalue weighted by Crippen LogP contribution is 2.60. The maximum Gasteiger partial charge on any atom is 0.352 e. The van der Waals surface area contributed by atoms with Gasteiger partial charge in [-0.15, -0.1) is 0 Å². The lowest BCUT2D eigenvalue weighted by molar-refractivity contribution is 0.139. The van der Waals surface area contributed by atoms with Gasteiger partial charge >= 0.3 is 7.60 Å². The summed E-state index contributed by atoms with van der Waals surface area (Å²) in [5.41, 5.74) is 0. The van der Waals surface area contributed by atoms with E-state index in [1.165, 1.54) is 24.3 Å². The maximum absolute atomic E-state index is 12.7. The second kappa shape index (κ2) is 6.95. The van der Waals surface area contributed by atoms with Crippen molar-refractivity contribution < 1.29 is 22.0 Å². The van der Waals surface area contributed by atoms with Gasteiger partial charge in [0.1, 0.15) is 0 Å². The molecule has 0 saturated carbocycles. The normalized spacial score (nSPS) is 20.5. The topological polar surface area (TPSA) is 81.7 Å². The van der Waals surface area contributed by atoms with Gasteiger partial charge in [-0.05, 0) is 18.6 Å². The zero-order valence-electron chi connectivity index (χ0n) is 11.1. The molecule has 1 saturated heterocycles. The Kier molecular flexibility index (Phi) is 5.84. The minimum atomic E-state index is -4.07. The van der Waals surface area contributed by atoms with Gasteiger partial charge < -0.3 is 9.05 Å². The molecule has 0 aromatic heterocycles. The fourth-order valence-corrected chi connectivity index (χ4v) is 6.74. The van der Waals surface area contributed by atoms with Crippen LogP contribution in [0, 0.1) is 0 Å². The molecule has 22 heavy (non-hydrogen) atoms. The molecule has 1 aromatic carbocycles. The van der Waals surface area contributed by atoms with Gasteiger partial charge in [-0.1, -0.05) is 53.0 Å². The zero-order chi connectivity index (χ0) is 16.4. The average molecular weight is 409 g/mol. The summed E-state index contributed by atoms with van der Waals surface area (Å²) in [5.74, 6) is -1.66. The largest absolute Gasteiger partial charge is 0.352 e. The van der Waals surface area contributed by atoms with E-state index in [2.05, 4.69) is 4.72 Å². The molecule has 6 nitrogen and oxygen atoms in total. The van der Waals surface area contributed by atoms with Crippen LogP contribution in [0.15, 0.2) is 35.2 Å². The van der Waals surface area contributed by atoms with Crippen molar-refractivity contribution in [2.75, 3.05) is 13.2 Å². The highest BCUT2D eigenvalue weighted by atomic mass is 35.6. The van der Waals surface area contributed by atoms with Gasteiger partial charge in [-0.3, -0.25) is 4.57 Å². The first kappa shape index (κ1) is 18.5. The Morgan fingerprint density at radius 1 is 1.14 bits per heavy atom. The highest BCUT2D eigenvalue weighted by Gasteiger charge is 2.52. The van der Waals surface area contributed by atoms with Gasteiger partial charge in [0.25, 0.3) is 0 Å². The molecule has 0 radical (unpaired) electrons. The van der Waals surface area contributed by atoms with Crippen LogP contribution in [0.5, 0.6) is 0 Å². The van der Waals surface area contributed by atoms with Gasteiger partial charge in [0, 0.05) is 0 Å². The summed E-state index contributed by atoms with van der Waals surface area (Å²) in [6, 6.07) is 7.44. The lowest BCUT2D eigenvalue weighted by atomic mass is 10.4. The minimum Gasteiger partial charge on any atom is -0.307 e. The van der Waals surface area contributed by atoms with E-state index in [-0.39, 0.29) is 18.1 Å². The molecule has 0 bridgehead atoms. The van der Waals surface area contributed by atoms with Gasteiger partial charge in [-0.2, -0.15) is 4.72 Å². The summed E-state index contributed by atoms with van der Waals surface area (Å²) in [7, 11) is -8.01. The molecular weight excluding hydrogens is 396 g/mol. The zero-order valence-corrected chi connectivity index (χ0v) is 15.1. The second-order valence-corrected chi connectivity index (χ2v) is 10.6. The average Bonchev–Trinajstić information content (AvgIpc) is 2.45. The molecule has 1 heterocycles. The summed E-state index contributed by atoms with van der Waals surface area (Å²) < 4.78 is 47.5. The molecular formula is C11H13Cl3NO5PS. The van der Waals surface area contributed by atoms with Gasteiger partial charge in [0.15, 0.2) is 5.78 Å². The number of hydrogen-bond donors (Lipinski definition) is 1. The van der Waals surface area contributed by atoms with E-state index in [0.29, 0.717) is 6.42 Å². The van der Waals surface area contributed by atoms with E-state index in [9.17, 15) is 13.0 Å². The number of benzene rings is 1. The van der Waals surface area contributed by atoms with E-state index >= 15 is 0 Å². The molecule has 11 heteroatoms. The molecule has 0 spiro atoms. The molecule has 1 unspecified atom stereocenters. The van der Waals surface area contributed by atoms with E-state index in [4.69, 9.17) is 43.9 Å². The fourth-order valence-electron chi connectivity index (χ4n) is 1.75. The minimum absolute atomic E-state index is 0.0575. The van der Waals surface area contributed by atoms with Crippen molar-refractivity contribution in [1.82, 2.24) is 4.72 Å². The fraction of sp³-hybridized carbons (Fsp3) is 0.455. The molecule has 1 aromatic rings. The Balaban J connectivity index is 2.34. The number of sulfonamides is 1. The molecule has 0 amide bonds. The third-order valence-corrected chi connectivity index (χ3v) is 7.74. The van der Waals surface area contributed by atoms with Crippen molar-refractivity contribution in [3.63, 3.8) is 0 Å². The maximum atomic E-state index is 12.7. The molecule has 1 aliphatic rings. The molecule has 1 fully saturated rings. The smallest absolute Gasteiger partial charge is 0.307 e. The van der Waals surface area contributed by atoms with Gasteiger partial charge in [0.2, 0.25) is 13.8 Å². The highest BCUT2D eigenvalue weighted by molar-refractivity contribution is 7.89. The Bertz CT molecular complexity index is 654. The van der Waals surface area contributed by atoms with Crippen LogP contribution >= 0.6 is 42.4 Å². The van der Waals surface area contributed by atoms with Gasteiger partial charge in [-0.25, -0.2) is 8.42 Å². The van der Waals surface area contributed by atoms with Crippen molar-refractivity contribution in [1.29, 1.82) is 0 Å². The van der Waals surface area contributed by atoms with Crippen LogP contribution in [-0.2, 0) is 23.6 Å². The van der Waals surface area contributed by atoms with Crippen LogP contribution in [0.2, 0.25) is 0 Å². The summed E-state index contributed by atoms with van der Waals surface area (Å²) in [4.78, 5) is -0.0575. The molecule has 1 atom stereocenters. The second-order valence-electron chi connectivity index (χ2n) is 4.44. The van der Waals surface area contributed by atoms with Crippen molar-refractivity contribution >= 4 is 52.4 Å². The molecule has 2 rings (SSSR count). The first-order chi connectivity index (χ1) is 10.2. The SMILES string of the molecule is O=P1(C(NS(=O)(=O)c2ccccc2)C(Cl)(Cl)Cl)OCCCO1. The van der Waals surface area contributed by atoms with Gasteiger partial charge in [0.05, 0.1) is 18.1 Å². The molecule has 1 N–H and O–H groups in total. The standard InChI is InChI=1S/C11H13Cl3NO5PS/c12-11(13,14)10(21(16)19-7-4-8-20-21)15-22(17,18)9-5-2-1-3-6-9/h1-3,5-6,10,15H,4,7-8H2. The van der Waals surface area contributed by atoms with Crippen LogP contribution in [0.1, 0.15) is 6.42 Å². The Morgan fingerprint density at radius 3 is 2.18 bits per heavy atom. The summed E-state index contributed by atoms with van der Waals surface area (Å²) >= 11 is 17.4. The van der Waals surface area contributed by atoms with E-state index in [0.717, 1.165) is 0 Å². The first-order valence-electron chi connectivity index (χ1n) is 6.18. The lowest BCUT2D eigenvalue weighted by Crippen LogP contribution is -2.45. The van der Waals surface area contributed by atoms with Crippen molar-refractivity contribution in [2.24, 2.45) is 0 Å². The lowest BCUT2D eigenvalue weighted by Gasteiger charge is -2.33. The number of rotatable bonds is 4. The van der Waals surface area contributed by atoms with Crippen LogP contribution in [0.3, 0.4) is 0 Å². The molecule has 1 aliphatic heterocycles. The van der Waals surface area contributed by atoms with Crippen LogP contribution in [0.25, 0.3) is 0 Å². The van der Waals surface area contributed by atoms with Crippen LogP contribution < -0.4 is 4.72 Å². The molecule has 124 valence electrons. The third kappa shape index (κ3) is 4.36. The van der Waals surface area contributed by atoms with E-state index in [1.54, 1.807) is 6.07 Å². The van der Waals surface area contributed by atoms with E-state index < -0.39 is 27.2 Å². The number of nitrogens with one attached hydrogen (secondary N) is 1. The first-order valence-corrected chi connectivity index (χ1v) is 10.4.